The second-order valence-corrected chi connectivity index (χ2v) is 28.9. The molecule has 2 aliphatic rings. The van der Waals surface area contributed by atoms with E-state index in [1.165, 1.54) is 192 Å². The Bertz CT molecular complexity index is 4910. The highest BCUT2D eigenvalue weighted by Gasteiger charge is 2.33. The molecule has 2 aliphatic carbocycles. The Morgan fingerprint density at radius 1 is 0.348 bits per heavy atom. The first-order chi connectivity index (χ1) is 44.7. The summed E-state index contributed by atoms with van der Waals surface area (Å²) in [5.74, 6) is 0.461. The van der Waals surface area contributed by atoms with Crippen molar-refractivity contribution in [1.82, 2.24) is 9.13 Å². The van der Waals surface area contributed by atoms with Crippen LogP contribution in [0.2, 0.25) is 0 Å². The summed E-state index contributed by atoms with van der Waals surface area (Å²) >= 11 is 0. The van der Waals surface area contributed by atoms with Crippen molar-refractivity contribution in [3.8, 4) is 11.4 Å². The third kappa shape index (κ3) is 9.04. The van der Waals surface area contributed by atoms with Gasteiger partial charge in [0, 0.05) is 55.1 Å². The number of anilines is 6. The van der Waals surface area contributed by atoms with Gasteiger partial charge in [-0.1, -0.05) is 203 Å². The molecule has 4 heteroatoms. The summed E-state index contributed by atoms with van der Waals surface area (Å²) in [7, 11) is 0. The first kappa shape index (κ1) is 58.0. The van der Waals surface area contributed by atoms with Crippen LogP contribution in [-0.2, 0) is 36.5 Å². The lowest BCUT2D eigenvalue weighted by Gasteiger charge is -2.34. The van der Waals surface area contributed by atoms with Crippen molar-refractivity contribution in [2.24, 2.45) is 0 Å². The summed E-state index contributed by atoms with van der Waals surface area (Å²) in [6.45, 7) is 23.8. The van der Waals surface area contributed by atoms with Gasteiger partial charge in [0.05, 0.1) is 44.8 Å². The summed E-state index contributed by atoms with van der Waals surface area (Å²) in [5, 5.41) is 13.0. The fourth-order valence-corrected chi connectivity index (χ4v) is 16.5. The second kappa shape index (κ2) is 22.3. The SMILES string of the molecule is CCC(C)(C)c1cccc(-n2c3ccccc3c3cccc(N(c4cccc5c4CCCC5)c4cc(C(C)C)c5ccc6c(N(c7cccc8c7CCCC8)c7cccc8c9ccccc9n(-c9cccc(C(C)(C)CC)c9)c78)cc(C(C)C)c7ccc4c5c76)c32)c1. The largest absolute Gasteiger partial charge is 0.307 e. The lowest BCUT2D eigenvalue weighted by Crippen LogP contribution is -2.18. The molecule has 0 fully saturated rings. The molecule has 0 bridgehead atoms. The lowest BCUT2D eigenvalue weighted by molar-refractivity contribution is 0.506. The van der Waals surface area contributed by atoms with E-state index in [0.29, 0.717) is 0 Å². The molecule has 0 saturated heterocycles. The Morgan fingerprint density at radius 2 is 0.717 bits per heavy atom. The summed E-state index contributed by atoms with van der Waals surface area (Å²) in [6.07, 6.45) is 11.2. The minimum absolute atomic E-state index is 0.0140. The molecule has 0 N–H and O–H groups in total. The topological polar surface area (TPSA) is 16.3 Å². The quantitative estimate of drug-likeness (QED) is 0.101. The smallest absolute Gasteiger partial charge is 0.0782 e. The van der Waals surface area contributed by atoms with Crippen LogP contribution in [0.3, 0.4) is 0 Å². The molecule has 0 radical (unpaired) electrons. The highest BCUT2D eigenvalue weighted by atomic mass is 15.2. The monoisotopic (exact) mass is 1200 g/mol. The number of fused-ring (bicyclic) bond motifs is 8. The van der Waals surface area contributed by atoms with Gasteiger partial charge in [-0.05, 0) is 226 Å². The number of aromatic nitrogens is 2. The first-order valence-corrected chi connectivity index (χ1v) is 34.6. The molecule has 0 atom stereocenters. The average molecular weight is 1200 g/mol. The van der Waals surface area contributed by atoms with Crippen LogP contribution in [0.15, 0.2) is 206 Å². The second-order valence-electron chi connectivity index (χ2n) is 28.9. The number of nitrogens with zero attached hydrogens (tertiary/aromatic N) is 4. The van der Waals surface area contributed by atoms with Gasteiger partial charge in [0.15, 0.2) is 0 Å². The zero-order valence-electron chi connectivity index (χ0n) is 55.6. The fraction of sp³-hybridized carbons (Fsp3) is 0.273. The van der Waals surface area contributed by atoms with Crippen LogP contribution < -0.4 is 9.80 Å². The maximum Gasteiger partial charge on any atom is 0.0782 e. The highest BCUT2D eigenvalue weighted by Crippen LogP contribution is 2.55. The van der Waals surface area contributed by atoms with Gasteiger partial charge in [-0.25, -0.2) is 0 Å². The molecule has 2 aromatic heterocycles. The molecule has 12 aromatic carbocycles. The predicted octanol–water partition coefficient (Wildman–Crippen LogP) is 25.1. The summed E-state index contributed by atoms with van der Waals surface area (Å²) in [4.78, 5) is 5.48. The van der Waals surface area contributed by atoms with E-state index in [4.69, 9.17) is 0 Å². The molecule has 0 aliphatic heterocycles. The van der Waals surface area contributed by atoms with Gasteiger partial charge in [-0.2, -0.15) is 0 Å². The lowest BCUT2D eigenvalue weighted by atomic mass is 9.82. The molecule has 0 saturated carbocycles. The molecule has 2 heterocycles. The zero-order chi connectivity index (χ0) is 62.9. The third-order valence-electron chi connectivity index (χ3n) is 22.2. The number of benzene rings is 12. The van der Waals surface area contributed by atoms with Crippen molar-refractivity contribution >= 4 is 110 Å². The first-order valence-electron chi connectivity index (χ1n) is 34.6. The number of hydrogen-bond donors (Lipinski definition) is 0. The summed E-state index contributed by atoms with van der Waals surface area (Å²) < 4.78 is 5.19. The van der Waals surface area contributed by atoms with E-state index in [2.05, 4.69) is 294 Å². The number of para-hydroxylation sites is 4. The van der Waals surface area contributed by atoms with Crippen molar-refractivity contribution in [3.63, 3.8) is 0 Å². The number of rotatable bonds is 14. The van der Waals surface area contributed by atoms with Crippen molar-refractivity contribution in [2.75, 3.05) is 9.80 Å². The third-order valence-corrected chi connectivity index (χ3v) is 22.2. The normalized spacial score (nSPS) is 13.9. The van der Waals surface area contributed by atoms with Gasteiger partial charge in [-0.3, -0.25) is 0 Å². The minimum Gasteiger partial charge on any atom is -0.307 e. The molecule has 0 spiro atoms. The molecule has 0 amide bonds. The van der Waals surface area contributed by atoms with Crippen LogP contribution in [0.5, 0.6) is 0 Å². The Morgan fingerprint density at radius 3 is 1.14 bits per heavy atom. The Labute approximate surface area is 544 Å². The summed E-state index contributed by atoms with van der Waals surface area (Å²) in [5.41, 5.74) is 26.1. The van der Waals surface area contributed by atoms with Crippen molar-refractivity contribution < 1.29 is 0 Å². The van der Waals surface area contributed by atoms with E-state index in [1.807, 2.05) is 0 Å². The van der Waals surface area contributed by atoms with Gasteiger partial charge < -0.3 is 18.9 Å². The maximum absolute atomic E-state index is 2.74. The molecule has 14 aromatic rings. The Hall–Kier alpha value is -9.12. The van der Waals surface area contributed by atoms with Crippen molar-refractivity contribution in [3.05, 3.63) is 251 Å². The van der Waals surface area contributed by atoms with Gasteiger partial charge in [-0.15, -0.1) is 0 Å². The van der Waals surface area contributed by atoms with Gasteiger partial charge in [0.25, 0.3) is 0 Å². The van der Waals surface area contributed by atoms with Crippen molar-refractivity contribution in [1.29, 1.82) is 0 Å². The van der Waals surface area contributed by atoms with E-state index in [1.54, 1.807) is 0 Å². The average Bonchev–Trinajstić information content (AvgIpc) is 0.947. The number of hydrogen-bond acceptors (Lipinski definition) is 2. The Kier molecular flexibility index (Phi) is 14.1. The minimum atomic E-state index is 0.0140. The van der Waals surface area contributed by atoms with Crippen LogP contribution in [0.1, 0.15) is 164 Å². The Balaban J connectivity index is 1.03. The van der Waals surface area contributed by atoms with Gasteiger partial charge >= 0.3 is 0 Å². The van der Waals surface area contributed by atoms with Crippen LogP contribution in [0.4, 0.5) is 34.1 Å². The van der Waals surface area contributed by atoms with E-state index >= 15 is 0 Å². The molecule has 0 unspecified atom stereocenters. The van der Waals surface area contributed by atoms with Gasteiger partial charge in [0.1, 0.15) is 0 Å². The van der Waals surface area contributed by atoms with E-state index in [0.717, 1.165) is 38.5 Å². The molecular formula is C88H86N4. The summed E-state index contributed by atoms with van der Waals surface area (Å²) in [6, 6.07) is 81.0. The van der Waals surface area contributed by atoms with E-state index in [9.17, 15) is 0 Å². The molecular weight excluding hydrogens is 1110 g/mol. The molecule has 4 nitrogen and oxygen atoms in total. The van der Waals surface area contributed by atoms with E-state index < -0.39 is 0 Å². The molecule has 16 rings (SSSR count). The van der Waals surface area contributed by atoms with Crippen LogP contribution in [-0.4, -0.2) is 9.13 Å². The zero-order valence-corrected chi connectivity index (χ0v) is 55.6. The molecule has 92 heavy (non-hydrogen) atoms. The van der Waals surface area contributed by atoms with Crippen LogP contribution in [0.25, 0.3) is 87.3 Å². The van der Waals surface area contributed by atoms with Crippen molar-refractivity contribution in [2.45, 2.75) is 156 Å². The molecule has 458 valence electrons. The maximum atomic E-state index is 2.74. The predicted molar refractivity (Wildman–Crippen MR) is 396 cm³/mol. The van der Waals surface area contributed by atoms with Crippen LogP contribution in [0, 0.1) is 0 Å². The van der Waals surface area contributed by atoms with E-state index in [-0.39, 0.29) is 22.7 Å². The van der Waals surface area contributed by atoms with Crippen LogP contribution >= 0.6 is 0 Å². The standard InChI is InChI=1S/C88H86N4/c1-11-87(7,8)59-31-23-33-61(51-59)89-77-41-19-17-37-65(77)69-39-25-45-79(85(69)89)91(75-43-21-29-57-27-13-15-35-63(57)75)81-53-73(55(3)4)67-48-50-72-82(54-74(56(5)6)68-47-49-71(81)83(67)84(68)72)92(76-44-22-30-58-28-14-16-36-64(58)76)80-46-26-40-70-66-38-18-20-42-78(66)90(86(70)80)62-34-24-32-60(52-62)88(9,10)12-2/h17-26,29-34,37-56H,11-16,27-28,35-36H2,1-10H3. The van der Waals surface area contributed by atoms with Gasteiger partial charge in [0.2, 0.25) is 0 Å². The fourth-order valence-electron chi connectivity index (χ4n) is 16.5. The highest BCUT2D eigenvalue weighted by molar-refractivity contribution is 6.30. The number of aryl methyl sites for hydroxylation is 2.